The summed E-state index contributed by atoms with van der Waals surface area (Å²) in [4.78, 5) is 0. The summed E-state index contributed by atoms with van der Waals surface area (Å²) >= 11 is 0. The lowest BCUT2D eigenvalue weighted by Gasteiger charge is -2.39. The topological polar surface area (TPSA) is 82.4 Å². The molecule has 0 bridgehead atoms. The van der Waals surface area contributed by atoms with E-state index in [1.54, 1.807) is 0 Å². The van der Waals surface area contributed by atoms with Gasteiger partial charge in [0, 0.05) is 0 Å². The first-order valence-corrected chi connectivity index (χ1v) is 17.5. The van der Waals surface area contributed by atoms with Crippen LogP contribution in [-0.2, 0) is 20.0 Å². The van der Waals surface area contributed by atoms with E-state index >= 15 is 0 Å². The van der Waals surface area contributed by atoms with E-state index in [0.717, 1.165) is 4.13 Å². The molecule has 0 aromatic rings. The third-order valence-electron chi connectivity index (χ3n) is 6.73. The van der Waals surface area contributed by atoms with Gasteiger partial charge in [-0.15, -0.1) is 0 Å². The SMILES string of the molecule is CCCCCC[N+](CCCCCC)(CCCCCC)CCCCCC.O=S(=O)([N-]S(=O)(=O)C(F)(F)F)C(F)(F)F. The van der Waals surface area contributed by atoms with Gasteiger partial charge in [-0.25, -0.2) is 16.8 Å². The molecule has 0 unspecified atom stereocenters. The first-order valence-electron chi connectivity index (χ1n) is 14.7. The fourth-order valence-electron chi connectivity index (χ4n) is 4.38. The van der Waals surface area contributed by atoms with Crippen molar-refractivity contribution in [2.45, 2.75) is 141 Å². The Morgan fingerprint density at radius 3 is 0.850 bits per heavy atom. The van der Waals surface area contributed by atoms with Gasteiger partial charge in [0.1, 0.15) is 0 Å². The molecular weight excluding hydrogens is 582 g/mol. The van der Waals surface area contributed by atoms with Gasteiger partial charge in [-0.2, -0.15) is 26.3 Å². The molecule has 0 aliphatic carbocycles. The number of halogens is 6. The molecule has 0 atom stereocenters. The van der Waals surface area contributed by atoms with Gasteiger partial charge in [-0.1, -0.05) is 79.1 Å². The van der Waals surface area contributed by atoms with Gasteiger partial charge in [-0.3, -0.25) is 0 Å². The highest BCUT2D eigenvalue weighted by Gasteiger charge is 2.46. The molecule has 0 N–H and O–H groups in total. The van der Waals surface area contributed by atoms with Gasteiger partial charge in [-0.05, 0) is 51.4 Å². The minimum absolute atomic E-state index is 0.778. The molecule has 0 fully saturated rings. The molecule has 0 spiro atoms. The molecule has 0 saturated heterocycles. The average Bonchev–Trinajstić information content (AvgIpc) is 2.83. The van der Waals surface area contributed by atoms with Gasteiger partial charge in [0.25, 0.3) is 0 Å². The Balaban J connectivity index is 0. The van der Waals surface area contributed by atoms with E-state index < -0.39 is 31.1 Å². The molecular formula is C26H52F6N2O4S2. The highest BCUT2D eigenvalue weighted by molar-refractivity contribution is 8.13. The number of rotatable bonds is 22. The number of unbranched alkanes of at least 4 members (excludes halogenated alkanes) is 12. The summed E-state index contributed by atoms with van der Waals surface area (Å²) in [5, 5.41) is 0. The van der Waals surface area contributed by atoms with E-state index in [-0.39, 0.29) is 0 Å². The van der Waals surface area contributed by atoms with E-state index in [9.17, 15) is 43.2 Å². The Morgan fingerprint density at radius 1 is 0.450 bits per heavy atom. The normalized spacial score (nSPS) is 13.2. The van der Waals surface area contributed by atoms with Crippen molar-refractivity contribution in [3.05, 3.63) is 4.13 Å². The largest absolute Gasteiger partial charge is 0.480 e. The molecule has 0 aromatic carbocycles. The summed E-state index contributed by atoms with van der Waals surface area (Å²) in [6, 6.07) is 0. The lowest BCUT2D eigenvalue weighted by molar-refractivity contribution is -0.929. The summed E-state index contributed by atoms with van der Waals surface area (Å²) in [7, 11) is -13.4. The molecule has 0 radical (unpaired) electrons. The Morgan fingerprint density at radius 2 is 0.675 bits per heavy atom. The van der Waals surface area contributed by atoms with Crippen LogP contribution in [0.15, 0.2) is 0 Å². The van der Waals surface area contributed by atoms with Gasteiger partial charge in [0.15, 0.2) is 20.0 Å². The van der Waals surface area contributed by atoms with Crippen LogP contribution in [0.2, 0.25) is 0 Å². The lowest BCUT2D eigenvalue weighted by atomic mass is 10.1. The second-order valence-corrected chi connectivity index (χ2v) is 13.8. The molecule has 40 heavy (non-hydrogen) atoms. The van der Waals surface area contributed by atoms with Crippen molar-refractivity contribution in [1.29, 1.82) is 0 Å². The smallest absolute Gasteiger partial charge is 0.421 e. The van der Waals surface area contributed by atoms with Crippen molar-refractivity contribution in [1.82, 2.24) is 0 Å². The van der Waals surface area contributed by atoms with Crippen LogP contribution < -0.4 is 0 Å². The number of quaternary nitrogens is 1. The minimum Gasteiger partial charge on any atom is -0.421 e. The van der Waals surface area contributed by atoms with Crippen molar-refractivity contribution in [2.24, 2.45) is 0 Å². The molecule has 244 valence electrons. The molecule has 14 heteroatoms. The van der Waals surface area contributed by atoms with Crippen LogP contribution in [0.25, 0.3) is 4.13 Å². The first-order chi connectivity index (χ1) is 18.4. The summed E-state index contributed by atoms with van der Waals surface area (Å²) in [5.74, 6) is 0. The maximum atomic E-state index is 11.4. The number of hydrogen-bond donors (Lipinski definition) is 0. The van der Waals surface area contributed by atoms with Crippen molar-refractivity contribution >= 4 is 20.0 Å². The molecule has 6 nitrogen and oxygen atoms in total. The molecule has 0 amide bonds. The number of alkyl halides is 6. The van der Waals surface area contributed by atoms with E-state index in [2.05, 4.69) is 27.7 Å². The van der Waals surface area contributed by atoms with Crippen molar-refractivity contribution in [3.8, 4) is 0 Å². The van der Waals surface area contributed by atoms with Gasteiger partial charge in [0.2, 0.25) is 0 Å². The molecule has 0 aliphatic heterocycles. The van der Waals surface area contributed by atoms with E-state index in [1.807, 2.05) is 0 Å². The van der Waals surface area contributed by atoms with Crippen molar-refractivity contribution in [2.75, 3.05) is 26.2 Å². The number of sulfonamides is 2. The fraction of sp³-hybridized carbons (Fsp3) is 1.00. The Labute approximate surface area is 239 Å². The van der Waals surface area contributed by atoms with Gasteiger partial charge < -0.3 is 8.61 Å². The third kappa shape index (κ3) is 18.8. The number of nitrogens with zero attached hydrogens (tertiary/aromatic N) is 2. The minimum atomic E-state index is -6.72. The zero-order valence-electron chi connectivity index (χ0n) is 24.8. The monoisotopic (exact) mass is 634 g/mol. The second-order valence-electron chi connectivity index (χ2n) is 10.4. The first kappa shape index (κ1) is 41.5. The average molecular weight is 635 g/mol. The van der Waals surface area contributed by atoms with Gasteiger partial charge >= 0.3 is 11.0 Å². The third-order valence-corrected chi connectivity index (χ3v) is 9.47. The van der Waals surface area contributed by atoms with E-state index in [0.29, 0.717) is 0 Å². The predicted octanol–water partition coefficient (Wildman–Crippen LogP) is 9.18. The van der Waals surface area contributed by atoms with Crippen molar-refractivity contribution < 1.29 is 47.7 Å². The van der Waals surface area contributed by atoms with Crippen LogP contribution in [0, 0.1) is 0 Å². The Bertz CT molecular complexity index is 738. The Hall–Kier alpha value is -0.600. The van der Waals surface area contributed by atoms with E-state index in [4.69, 9.17) is 0 Å². The highest BCUT2D eigenvalue weighted by atomic mass is 32.3. The maximum absolute atomic E-state index is 11.4. The quantitative estimate of drug-likeness (QED) is 0.0675. The standard InChI is InChI=1S/C24H52N.C2F6NO4S2/c1-5-9-13-17-21-25(22-18-14-10-6-2,23-19-15-11-7-3)24-20-16-12-8-4;3-1(4,5)14(10,11)9-15(12,13)2(6,7)8/h5-24H2,1-4H3;/q+1;-1. The highest BCUT2D eigenvalue weighted by Crippen LogP contribution is 2.36. The lowest BCUT2D eigenvalue weighted by Crippen LogP contribution is -2.50. The maximum Gasteiger partial charge on any atom is 0.480 e. The summed E-state index contributed by atoms with van der Waals surface area (Å²) in [6.07, 6.45) is 22.8. The van der Waals surface area contributed by atoms with E-state index in [1.165, 1.54) is 133 Å². The fourth-order valence-corrected chi connectivity index (χ4v) is 6.09. The van der Waals surface area contributed by atoms with Gasteiger partial charge in [0.05, 0.1) is 26.2 Å². The molecule has 0 aliphatic rings. The Kier molecular flexibility index (Phi) is 22.0. The van der Waals surface area contributed by atoms with Crippen LogP contribution in [0.5, 0.6) is 0 Å². The molecule has 0 heterocycles. The van der Waals surface area contributed by atoms with Crippen LogP contribution >= 0.6 is 0 Å². The van der Waals surface area contributed by atoms with Crippen LogP contribution in [0.1, 0.15) is 130 Å². The van der Waals surface area contributed by atoms with Crippen LogP contribution in [0.4, 0.5) is 26.3 Å². The molecule has 0 saturated carbocycles. The zero-order valence-corrected chi connectivity index (χ0v) is 26.4. The van der Waals surface area contributed by atoms with Crippen LogP contribution in [0.3, 0.4) is 0 Å². The van der Waals surface area contributed by atoms with Crippen LogP contribution in [-0.4, -0.2) is 58.5 Å². The summed E-state index contributed by atoms with van der Waals surface area (Å²) < 4.78 is 111. The number of hydrogen-bond acceptors (Lipinski definition) is 4. The molecule has 0 aromatic heterocycles. The summed E-state index contributed by atoms with van der Waals surface area (Å²) in [5.41, 5.74) is -12.4. The summed E-state index contributed by atoms with van der Waals surface area (Å²) in [6.45, 7) is 15.2. The second kappa shape index (κ2) is 21.1. The predicted molar refractivity (Wildman–Crippen MR) is 150 cm³/mol. The van der Waals surface area contributed by atoms with Crippen molar-refractivity contribution in [3.63, 3.8) is 0 Å². The molecule has 0 rings (SSSR count). The zero-order chi connectivity index (χ0) is 31.3.